The van der Waals surface area contributed by atoms with Crippen molar-refractivity contribution < 1.29 is 9.32 Å². The summed E-state index contributed by atoms with van der Waals surface area (Å²) in [4.78, 5) is 17.2. The largest absolute Gasteiger partial charge is 0.339 e. The fourth-order valence-corrected chi connectivity index (χ4v) is 2.90. The normalized spacial score (nSPS) is 10.6. The number of benzene rings is 1. The van der Waals surface area contributed by atoms with Crippen LogP contribution in [0.3, 0.4) is 0 Å². The van der Waals surface area contributed by atoms with Gasteiger partial charge in [-0.3, -0.25) is 4.79 Å². The third-order valence-electron chi connectivity index (χ3n) is 3.13. The van der Waals surface area contributed by atoms with Crippen LogP contribution in [-0.2, 0) is 6.42 Å². The number of carbonyl (C=O) groups excluding carboxylic acids is 1. The molecule has 3 aromatic rings. The van der Waals surface area contributed by atoms with Crippen molar-refractivity contribution in [2.45, 2.75) is 20.3 Å². The average molecular weight is 313 g/mol. The van der Waals surface area contributed by atoms with Gasteiger partial charge in [-0.05, 0) is 42.5 Å². The van der Waals surface area contributed by atoms with Gasteiger partial charge in [0.25, 0.3) is 5.91 Å². The summed E-state index contributed by atoms with van der Waals surface area (Å²) in [6, 6.07) is 9.50. The van der Waals surface area contributed by atoms with E-state index in [9.17, 15) is 4.79 Å². The highest BCUT2D eigenvalue weighted by atomic mass is 32.1. The molecule has 2 heterocycles. The van der Waals surface area contributed by atoms with Gasteiger partial charge in [0.15, 0.2) is 5.82 Å². The maximum Gasteiger partial charge on any atom is 0.265 e. The minimum atomic E-state index is -0.104. The monoisotopic (exact) mass is 313 g/mol. The molecular formula is C16H15N3O2S. The van der Waals surface area contributed by atoms with Crippen molar-refractivity contribution in [1.82, 2.24) is 10.1 Å². The molecule has 112 valence electrons. The summed E-state index contributed by atoms with van der Waals surface area (Å²) in [6.45, 7) is 3.75. The highest BCUT2D eigenvalue weighted by molar-refractivity contribution is 7.12. The third kappa shape index (κ3) is 3.23. The number of nitrogens with one attached hydrogen (secondary N) is 1. The highest BCUT2D eigenvalue weighted by Crippen LogP contribution is 2.21. The lowest BCUT2D eigenvalue weighted by Gasteiger charge is -2.08. The van der Waals surface area contributed by atoms with E-state index in [1.807, 2.05) is 42.6 Å². The first-order valence-corrected chi connectivity index (χ1v) is 7.73. The Hall–Kier alpha value is -2.47. The number of para-hydroxylation sites is 1. The molecule has 0 aliphatic carbocycles. The SMILES string of the molecule is Cc1csc(C(=O)Nc2ccccc2Cc2nc(C)no2)c1. The van der Waals surface area contributed by atoms with Gasteiger partial charge in [0, 0.05) is 5.69 Å². The van der Waals surface area contributed by atoms with Crippen molar-refractivity contribution in [1.29, 1.82) is 0 Å². The van der Waals surface area contributed by atoms with Crippen molar-refractivity contribution >= 4 is 22.9 Å². The van der Waals surface area contributed by atoms with Gasteiger partial charge in [0.2, 0.25) is 5.89 Å². The van der Waals surface area contributed by atoms with Crippen molar-refractivity contribution in [2.24, 2.45) is 0 Å². The second kappa shape index (κ2) is 6.11. The maximum atomic E-state index is 12.3. The fourth-order valence-electron chi connectivity index (χ4n) is 2.11. The van der Waals surface area contributed by atoms with E-state index in [-0.39, 0.29) is 5.91 Å². The van der Waals surface area contributed by atoms with Crippen LogP contribution in [0.4, 0.5) is 5.69 Å². The van der Waals surface area contributed by atoms with Crippen molar-refractivity contribution in [3.05, 3.63) is 63.4 Å². The van der Waals surface area contributed by atoms with Crippen LogP contribution in [0.5, 0.6) is 0 Å². The molecule has 6 heteroatoms. The number of aromatic nitrogens is 2. The molecule has 0 saturated heterocycles. The Morgan fingerprint density at radius 2 is 2.14 bits per heavy atom. The number of thiophene rings is 1. The molecule has 0 radical (unpaired) electrons. The maximum absolute atomic E-state index is 12.3. The topological polar surface area (TPSA) is 68.0 Å². The second-order valence-electron chi connectivity index (χ2n) is 5.01. The summed E-state index contributed by atoms with van der Waals surface area (Å²) >= 11 is 1.44. The summed E-state index contributed by atoms with van der Waals surface area (Å²) < 4.78 is 5.14. The molecule has 0 aliphatic heterocycles. The van der Waals surface area contributed by atoms with E-state index in [1.54, 1.807) is 6.92 Å². The van der Waals surface area contributed by atoms with Crippen LogP contribution < -0.4 is 5.32 Å². The Balaban J connectivity index is 1.80. The molecule has 0 atom stereocenters. The molecule has 1 amide bonds. The first kappa shape index (κ1) is 14.5. The van der Waals surface area contributed by atoms with Crippen molar-refractivity contribution in [3.63, 3.8) is 0 Å². The van der Waals surface area contributed by atoms with E-state index in [0.717, 1.165) is 16.8 Å². The quantitative estimate of drug-likeness (QED) is 0.799. The number of aryl methyl sites for hydroxylation is 2. The van der Waals surface area contributed by atoms with Crippen LogP contribution in [0, 0.1) is 13.8 Å². The Morgan fingerprint density at radius 3 is 2.82 bits per heavy atom. The summed E-state index contributed by atoms with van der Waals surface area (Å²) in [5, 5.41) is 8.69. The van der Waals surface area contributed by atoms with Gasteiger partial charge >= 0.3 is 0 Å². The van der Waals surface area contributed by atoms with Crippen molar-refractivity contribution in [2.75, 3.05) is 5.32 Å². The number of hydrogen-bond acceptors (Lipinski definition) is 5. The lowest BCUT2D eigenvalue weighted by atomic mass is 10.1. The van der Waals surface area contributed by atoms with Crippen molar-refractivity contribution in [3.8, 4) is 0 Å². The molecule has 2 aromatic heterocycles. The van der Waals surface area contributed by atoms with Gasteiger partial charge in [-0.1, -0.05) is 23.4 Å². The van der Waals surface area contributed by atoms with E-state index in [0.29, 0.717) is 23.0 Å². The molecule has 5 nitrogen and oxygen atoms in total. The van der Waals surface area contributed by atoms with E-state index >= 15 is 0 Å². The standard InChI is InChI=1S/C16H15N3O2S/c1-10-7-14(22-9-10)16(20)18-13-6-4-3-5-12(13)8-15-17-11(2)19-21-15/h3-7,9H,8H2,1-2H3,(H,18,20). The molecule has 3 rings (SSSR count). The van der Waals surface area contributed by atoms with Crippen LogP contribution in [-0.4, -0.2) is 16.0 Å². The predicted molar refractivity (Wildman–Crippen MR) is 85.3 cm³/mol. The number of amides is 1. The Morgan fingerprint density at radius 1 is 1.32 bits per heavy atom. The Kier molecular flexibility index (Phi) is 4.02. The van der Waals surface area contributed by atoms with Gasteiger partial charge in [-0.25, -0.2) is 0 Å². The van der Waals surface area contributed by atoms with Gasteiger partial charge in [-0.2, -0.15) is 4.98 Å². The van der Waals surface area contributed by atoms with Gasteiger partial charge < -0.3 is 9.84 Å². The van der Waals surface area contributed by atoms with E-state index in [4.69, 9.17) is 4.52 Å². The van der Waals surface area contributed by atoms with Crippen LogP contribution in [0.1, 0.15) is 32.5 Å². The van der Waals surface area contributed by atoms with E-state index in [1.165, 1.54) is 11.3 Å². The van der Waals surface area contributed by atoms with Crippen LogP contribution in [0.2, 0.25) is 0 Å². The first-order chi connectivity index (χ1) is 10.6. The molecule has 1 aromatic carbocycles. The predicted octanol–water partition coefficient (Wildman–Crippen LogP) is 3.59. The molecule has 0 saturated carbocycles. The molecule has 0 aliphatic rings. The third-order valence-corrected chi connectivity index (χ3v) is 4.18. The van der Waals surface area contributed by atoms with Crippen LogP contribution in [0.15, 0.2) is 40.2 Å². The minimum absolute atomic E-state index is 0.104. The fraction of sp³-hybridized carbons (Fsp3) is 0.188. The Labute approximate surface area is 132 Å². The molecule has 0 fully saturated rings. The Bertz CT molecular complexity index is 807. The van der Waals surface area contributed by atoms with Gasteiger partial charge in [0.05, 0.1) is 11.3 Å². The van der Waals surface area contributed by atoms with Gasteiger partial charge in [0.1, 0.15) is 0 Å². The smallest absolute Gasteiger partial charge is 0.265 e. The number of carbonyl (C=O) groups is 1. The molecular weight excluding hydrogens is 298 g/mol. The van der Waals surface area contributed by atoms with Crippen LogP contribution in [0.25, 0.3) is 0 Å². The number of nitrogens with zero attached hydrogens (tertiary/aromatic N) is 2. The summed E-state index contributed by atoms with van der Waals surface area (Å²) in [5.74, 6) is 1.03. The second-order valence-corrected chi connectivity index (χ2v) is 5.92. The molecule has 0 spiro atoms. The number of hydrogen-bond donors (Lipinski definition) is 1. The molecule has 0 bridgehead atoms. The minimum Gasteiger partial charge on any atom is -0.339 e. The molecule has 0 unspecified atom stereocenters. The average Bonchev–Trinajstić information content (AvgIpc) is 3.10. The molecule has 22 heavy (non-hydrogen) atoms. The summed E-state index contributed by atoms with van der Waals surface area (Å²) in [6.07, 6.45) is 0.487. The van der Waals surface area contributed by atoms with Gasteiger partial charge in [-0.15, -0.1) is 11.3 Å². The van der Waals surface area contributed by atoms with Crippen LogP contribution >= 0.6 is 11.3 Å². The lowest BCUT2D eigenvalue weighted by molar-refractivity contribution is 0.103. The zero-order valence-corrected chi connectivity index (χ0v) is 13.1. The highest BCUT2D eigenvalue weighted by Gasteiger charge is 2.12. The lowest BCUT2D eigenvalue weighted by Crippen LogP contribution is -2.12. The first-order valence-electron chi connectivity index (χ1n) is 6.85. The number of anilines is 1. The van der Waals surface area contributed by atoms with E-state index in [2.05, 4.69) is 15.5 Å². The summed E-state index contributed by atoms with van der Waals surface area (Å²) in [5.41, 5.74) is 2.78. The zero-order chi connectivity index (χ0) is 15.5. The zero-order valence-electron chi connectivity index (χ0n) is 12.3. The number of rotatable bonds is 4. The van der Waals surface area contributed by atoms with E-state index < -0.39 is 0 Å². The molecule has 1 N–H and O–H groups in total. The summed E-state index contributed by atoms with van der Waals surface area (Å²) in [7, 11) is 0.